The van der Waals surface area contributed by atoms with Gasteiger partial charge in [0, 0.05) is 6.54 Å². The number of aliphatic imine (C=N–C) groups is 1. The number of hydrogen-bond donors (Lipinski definition) is 1. The molecule has 90 valence electrons. The van der Waals surface area contributed by atoms with Crippen molar-refractivity contribution in [2.45, 2.75) is 31.8 Å². The molecule has 0 saturated heterocycles. The Balaban J connectivity index is 1.75. The summed E-state index contributed by atoms with van der Waals surface area (Å²) in [5.41, 5.74) is 1.36. The van der Waals surface area contributed by atoms with Crippen molar-refractivity contribution in [3.05, 3.63) is 29.8 Å². The summed E-state index contributed by atoms with van der Waals surface area (Å²) in [4.78, 5) is 4.40. The largest absolute Gasteiger partial charge is 0.483 e. The lowest BCUT2D eigenvalue weighted by molar-refractivity contribution is 0.281. The summed E-state index contributed by atoms with van der Waals surface area (Å²) >= 11 is 0. The van der Waals surface area contributed by atoms with Crippen LogP contribution in [0, 0.1) is 0 Å². The molecule has 1 unspecified atom stereocenters. The number of nitrogens with one attached hydrogen (secondary N) is 1. The van der Waals surface area contributed by atoms with E-state index in [2.05, 4.69) is 35.4 Å². The maximum atomic E-state index is 6.04. The number of para-hydroxylation sites is 1. The standard InChI is InChI=1S/C14H18N2O/c1-10(14-15-8-9-16-14)17-13-5-3-2-4-12(13)11-6-7-11/h2-5,10-11H,6-9H2,1H3,(H,15,16). The van der Waals surface area contributed by atoms with E-state index in [4.69, 9.17) is 4.74 Å². The van der Waals surface area contributed by atoms with Crippen molar-refractivity contribution in [1.82, 2.24) is 5.32 Å². The molecule has 0 spiro atoms. The summed E-state index contributed by atoms with van der Waals surface area (Å²) in [7, 11) is 0. The van der Waals surface area contributed by atoms with Crippen LogP contribution in [0.25, 0.3) is 0 Å². The van der Waals surface area contributed by atoms with Gasteiger partial charge >= 0.3 is 0 Å². The monoisotopic (exact) mass is 230 g/mol. The molecule has 0 bridgehead atoms. The van der Waals surface area contributed by atoms with Crippen LogP contribution in [0.5, 0.6) is 5.75 Å². The van der Waals surface area contributed by atoms with Gasteiger partial charge in [-0.2, -0.15) is 0 Å². The molecule has 1 saturated carbocycles. The molecule has 3 nitrogen and oxygen atoms in total. The zero-order valence-electron chi connectivity index (χ0n) is 10.1. The minimum absolute atomic E-state index is 0.0254. The third kappa shape index (κ3) is 2.28. The van der Waals surface area contributed by atoms with Crippen molar-refractivity contribution in [3.8, 4) is 5.75 Å². The van der Waals surface area contributed by atoms with Gasteiger partial charge in [-0.1, -0.05) is 18.2 Å². The Morgan fingerprint density at radius 3 is 2.88 bits per heavy atom. The molecule has 1 aliphatic heterocycles. The van der Waals surface area contributed by atoms with Gasteiger partial charge in [0.25, 0.3) is 0 Å². The van der Waals surface area contributed by atoms with Crippen molar-refractivity contribution >= 4 is 5.84 Å². The van der Waals surface area contributed by atoms with Crippen LogP contribution in [0.15, 0.2) is 29.3 Å². The van der Waals surface area contributed by atoms with Crippen LogP contribution in [0.1, 0.15) is 31.2 Å². The fourth-order valence-corrected chi connectivity index (χ4v) is 2.25. The van der Waals surface area contributed by atoms with Crippen molar-refractivity contribution in [2.75, 3.05) is 13.1 Å². The van der Waals surface area contributed by atoms with Crippen LogP contribution in [-0.2, 0) is 0 Å². The lowest BCUT2D eigenvalue weighted by Crippen LogP contribution is -2.33. The van der Waals surface area contributed by atoms with Gasteiger partial charge in [-0.15, -0.1) is 0 Å². The number of benzene rings is 1. The number of rotatable bonds is 4. The second-order valence-electron chi connectivity index (χ2n) is 4.77. The van der Waals surface area contributed by atoms with E-state index in [0.717, 1.165) is 30.6 Å². The third-order valence-corrected chi connectivity index (χ3v) is 3.33. The maximum Gasteiger partial charge on any atom is 0.152 e. The SMILES string of the molecule is CC(Oc1ccccc1C1CC1)C1=NCCN1. The molecule has 1 N–H and O–H groups in total. The quantitative estimate of drug-likeness (QED) is 0.861. The Kier molecular flexibility index (Phi) is 2.75. The fraction of sp³-hybridized carbons (Fsp3) is 0.500. The van der Waals surface area contributed by atoms with Crippen molar-refractivity contribution in [1.29, 1.82) is 0 Å². The van der Waals surface area contributed by atoms with Crippen molar-refractivity contribution in [3.63, 3.8) is 0 Å². The van der Waals surface area contributed by atoms with Crippen LogP contribution >= 0.6 is 0 Å². The van der Waals surface area contributed by atoms with Gasteiger partial charge < -0.3 is 10.1 Å². The number of nitrogens with zero attached hydrogens (tertiary/aromatic N) is 1. The van der Waals surface area contributed by atoms with Crippen LogP contribution in [0.3, 0.4) is 0 Å². The first kappa shape index (κ1) is 10.6. The van der Waals surface area contributed by atoms with E-state index < -0.39 is 0 Å². The first-order valence-corrected chi connectivity index (χ1v) is 6.38. The molecule has 0 aromatic heterocycles. The van der Waals surface area contributed by atoms with Gasteiger partial charge in [-0.3, -0.25) is 4.99 Å². The molecule has 3 heteroatoms. The minimum Gasteiger partial charge on any atom is -0.483 e. The molecule has 1 heterocycles. The lowest BCUT2D eigenvalue weighted by Gasteiger charge is -2.17. The molecule has 0 radical (unpaired) electrons. The highest BCUT2D eigenvalue weighted by Gasteiger charge is 2.27. The first-order chi connectivity index (χ1) is 8.34. The van der Waals surface area contributed by atoms with Gasteiger partial charge in [0.15, 0.2) is 6.10 Å². The van der Waals surface area contributed by atoms with Crippen LogP contribution in [0.2, 0.25) is 0 Å². The van der Waals surface area contributed by atoms with Gasteiger partial charge in [-0.25, -0.2) is 0 Å². The molecule has 1 fully saturated rings. The second-order valence-corrected chi connectivity index (χ2v) is 4.77. The highest BCUT2D eigenvalue weighted by atomic mass is 16.5. The van der Waals surface area contributed by atoms with Crippen molar-refractivity contribution < 1.29 is 4.74 Å². The zero-order chi connectivity index (χ0) is 11.7. The first-order valence-electron chi connectivity index (χ1n) is 6.38. The Morgan fingerprint density at radius 1 is 1.35 bits per heavy atom. The molecule has 1 aromatic carbocycles. The topological polar surface area (TPSA) is 33.6 Å². The van der Waals surface area contributed by atoms with Gasteiger partial charge in [0.05, 0.1) is 6.54 Å². The van der Waals surface area contributed by atoms with E-state index in [0.29, 0.717) is 0 Å². The van der Waals surface area contributed by atoms with E-state index in [1.165, 1.54) is 18.4 Å². The van der Waals surface area contributed by atoms with Crippen molar-refractivity contribution in [2.24, 2.45) is 4.99 Å². The summed E-state index contributed by atoms with van der Waals surface area (Å²) in [6.45, 7) is 3.86. The fourth-order valence-electron chi connectivity index (χ4n) is 2.25. The normalized spacial score (nSPS) is 20.6. The second kappa shape index (κ2) is 4.40. The molecule has 3 rings (SSSR count). The van der Waals surface area contributed by atoms with E-state index in [-0.39, 0.29) is 6.10 Å². The Bertz CT molecular complexity index is 438. The van der Waals surface area contributed by atoms with E-state index in [1.807, 2.05) is 6.07 Å². The molecule has 2 aliphatic rings. The average molecular weight is 230 g/mol. The molecular weight excluding hydrogens is 212 g/mol. The zero-order valence-corrected chi connectivity index (χ0v) is 10.1. The molecule has 1 atom stereocenters. The van der Waals surface area contributed by atoms with Gasteiger partial charge in [0.2, 0.25) is 0 Å². The smallest absolute Gasteiger partial charge is 0.152 e. The number of hydrogen-bond acceptors (Lipinski definition) is 3. The maximum absolute atomic E-state index is 6.04. The summed E-state index contributed by atoms with van der Waals surface area (Å²) in [5.74, 6) is 2.73. The summed E-state index contributed by atoms with van der Waals surface area (Å²) < 4.78 is 6.04. The molecular formula is C14H18N2O. The number of ether oxygens (including phenoxy) is 1. The van der Waals surface area contributed by atoms with Crippen LogP contribution in [0.4, 0.5) is 0 Å². The summed E-state index contributed by atoms with van der Waals surface area (Å²) in [6.07, 6.45) is 2.62. The van der Waals surface area contributed by atoms with Crippen LogP contribution in [-0.4, -0.2) is 25.0 Å². The molecule has 1 aliphatic carbocycles. The average Bonchev–Trinajstić information content (AvgIpc) is 3.04. The summed E-state index contributed by atoms with van der Waals surface area (Å²) in [6, 6.07) is 8.39. The Hall–Kier alpha value is -1.51. The Morgan fingerprint density at radius 2 is 2.18 bits per heavy atom. The molecule has 0 amide bonds. The van der Waals surface area contributed by atoms with Crippen LogP contribution < -0.4 is 10.1 Å². The van der Waals surface area contributed by atoms with E-state index in [1.54, 1.807) is 0 Å². The van der Waals surface area contributed by atoms with E-state index in [9.17, 15) is 0 Å². The number of amidine groups is 1. The third-order valence-electron chi connectivity index (χ3n) is 3.33. The highest BCUT2D eigenvalue weighted by molar-refractivity contribution is 5.87. The van der Waals surface area contributed by atoms with E-state index >= 15 is 0 Å². The summed E-state index contributed by atoms with van der Waals surface area (Å²) in [5, 5.41) is 3.27. The lowest BCUT2D eigenvalue weighted by atomic mass is 10.1. The predicted octanol–water partition coefficient (Wildman–Crippen LogP) is 2.33. The van der Waals surface area contributed by atoms with Gasteiger partial charge in [0.1, 0.15) is 11.6 Å². The Labute approximate surface area is 102 Å². The highest BCUT2D eigenvalue weighted by Crippen LogP contribution is 2.44. The predicted molar refractivity (Wildman–Crippen MR) is 68.8 cm³/mol. The molecule has 1 aromatic rings. The van der Waals surface area contributed by atoms with Gasteiger partial charge in [-0.05, 0) is 37.3 Å². The minimum atomic E-state index is 0.0254. The molecule has 17 heavy (non-hydrogen) atoms.